The quantitative estimate of drug-likeness (QED) is 0.179. The molecule has 3 N–H and O–H groups in total. The summed E-state index contributed by atoms with van der Waals surface area (Å²) in [4.78, 5) is 27.0. The molecule has 0 bridgehead atoms. The van der Waals surface area contributed by atoms with Gasteiger partial charge >= 0.3 is 5.97 Å². The van der Waals surface area contributed by atoms with E-state index in [2.05, 4.69) is 63.1 Å². The number of carbonyl (C=O) groups is 2. The standard InChI is InChI=1S/C42H51FN4O7/c1-24(2)36(45-27-18-31(19-27)53-29-14-15-32(38(49)50)33(43)20-29)35-23-47(16-17-52-35)28-11-8-25(9-12-28)37(48)46-39-41(3,4)40(42(39,5)6)54-30-13-10-26(22-44)34(21-30)51-7/h8-15,20-21,24,27,31,35-36,39-40,45H,16-19,23H2,1-7H3,(H,46,48)(H,49,50)/t27?,31?,35-,36-,39?,40?/m1/s1. The fraction of sp³-hybridized carbons (Fsp3) is 0.500. The van der Waals surface area contributed by atoms with Crippen LogP contribution < -0.4 is 29.7 Å². The van der Waals surface area contributed by atoms with E-state index >= 15 is 0 Å². The van der Waals surface area contributed by atoms with E-state index in [4.69, 9.17) is 24.1 Å². The third-order valence-electron chi connectivity index (χ3n) is 11.4. The first-order valence-electron chi connectivity index (χ1n) is 18.6. The summed E-state index contributed by atoms with van der Waals surface area (Å²) >= 11 is 0. The van der Waals surface area contributed by atoms with Crippen molar-refractivity contribution in [3.63, 3.8) is 0 Å². The third-order valence-corrected chi connectivity index (χ3v) is 11.4. The van der Waals surface area contributed by atoms with Crippen LogP contribution in [-0.2, 0) is 4.74 Å². The van der Waals surface area contributed by atoms with Crippen LogP contribution in [0, 0.1) is 33.9 Å². The zero-order valence-electron chi connectivity index (χ0n) is 32.0. The smallest absolute Gasteiger partial charge is 0.338 e. The lowest BCUT2D eigenvalue weighted by molar-refractivity contribution is -0.164. The molecule has 54 heavy (non-hydrogen) atoms. The molecule has 1 saturated heterocycles. The van der Waals surface area contributed by atoms with Gasteiger partial charge in [0.15, 0.2) is 0 Å². The van der Waals surface area contributed by atoms with Gasteiger partial charge in [0.25, 0.3) is 5.91 Å². The highest BCUT2D eigenvalue weighted by Crippen LogP contribution is 2.55. The van der Waals surface area contributed by atoms with Gasteiger partial charge in [-0.2, -0.15) is 5.26 Å². The zero-order chi connectivity index (χ0) is 38.9. The molecule has 11 nitrogen and oxygen atoms in total. The number of hydrogen-bond acceptors (Lipinski definition) is 9. The fourth-order valence-corrected chi connectivity index (χ4v) is 8.67. The number of nitrogens with zero attached hydrogens (tertiary/aromatic N) is 2. The van der Waals surface area contributed by atoms with Crippen LogP contribution >= 0.6 is 0 Å². The first-order chi connectivity index (χ1) is 25.6. The van der Waals surface area contributed by atoms with E-state index in [0.717, 1.165) is 31.1 Å². The average molecular weight is 743 g/mol. The number of nitriles is 1. The van der Waals surface area contributed by atoms with Crippen molar-refractivity contribution >= 4 is 17.6 Å². The number of methoxy groups -OCH3 is 1. The number of carboxylic acid groups (broad SMARTS) is 1. The van der Waals surface area contributed by atoms with Crippen LogP contribution in [0.15, 0.2) is 60.7 Å². The summed E-state index contributed by atoms with van der Waals surface area (Å²) in [5.41, 5.74) is 0.937. The van der Waals surface area contributed by atoms with Crippen molar-refractivity contribution in [2.45, 2.75) is 90.8 Å². The number of amides is 1. The molecular weight excluding hydrogens is 691 g/mol. The van der Waals surface area contributed by atoms with E-state index in [-0.39, 0.29) is 58.7 Å². The molecule has 3 aliphatic rings. The zero-order valence-corrected chi connectivity index (χ0v) is 32.0. The minimum Gasteiger partial charge on any atom is -0.495 e. The summed E-state index contributed by atoms with van der Waals surface area (Å²) in [5.74, 6) is -0.553. The topological polar surface area (TPSA) is 142 Å². The van der Waals surface area contributed by atoms with Crippen molar-refractivity contribution in [3.05, 3.63) is 83.2 Å². The van der Waals surface area contributed by atoms with E-state index in [1.54, 1.807) is 18.2 Å². The first-order valence-corrected chi connectivity index (χ1v) is 18.6. The Morgan fingerprint density at radius 3 is 2.28 bits per heavy atom. The highest BCUT2D eigenvalue weighted by Gasteiger charge is 2.64. The Hall–Kier alpha value is -4.86. The first kappa shape index (κ1) is 38.9. The van der Waals surface area contributed by atoms with Crippen LogP contribution in [0.3, 0.4) is 0 Å². The molecule has 2 aliphatic carbocycles. The molecule has 3 fully saturated rings. The maximum atomic E-state index is 14.1. The Morgan fingerprint density at radius 1 is 1.00 bits per heavy atom. The van der Waals surface area contributed by atoms with E-state index in [9.17, 15) is 19.2 Å². The summed E-state index contributed by atoms with van der Waals surface area (Å²) in [6.45, 7) is 14.7. The number of hydrogen-bond donors (Lipinski definition) is 3. The second-order valence-corrected chi connectivity index (χ2v) is 16.2. The summed E-state index contributed by atoms with van der Waals surface area (Å²) in [7, 11) is 1.53. The molecule has 3 aromatic carbocycles. The predicted molar refractivity (Wildman–Crippen MR) is 202 cm³/mol. The van der Waals surface area contributed by atoms with Crippen molar-refractivity contribution in [2.75, 3.05) is 31.7 Å². The van der Waals surface area contributed by atoms with Crippen LogP contribution in [-0.4, -0.2) is 80.2 Å². The Bertz CT molecular complexity index is 1870. The molecule has 288 valence electrons. The fourth-order valence-electron chi connectivity index (χ4n) is 8.67. The molecule has 0 aromatic heterocycles. The molecule has 6 rings (SSSR count). The van der Waals surface area contributed by atoms with Crippen LogP contribution in [0.25, 0.3) is 0 Å². The van der Waals surface area contributed by atoms with E-state index in [0.29, 0.717) is 47.4 Å². The normalized spacial score (nSPS) is 24.7. The van der Waals surface area contributed by atoms with Gasteiger partial charge in [0.2, 0.25) is 0 Å². The summed E-state index contributed by atoms with van der Waals surface area (Å²) in [6, 6.07) is 19.1. The summed E-state index contributed by atoms with van der Waals surface area (Å²) < 4.78 is 38.1. The van der Waals surface area contributed by atoms with Gasteiger partial charge in [-0.25, -0.2) is 9.18 Å². The van der Waals surface area contributed by atoms with Crippen LogP contribution in [0.1, 0.15) is 80.7 Å². The number of halogens is 1. The molecule has 0 radical (unpaired) electrons. The second kappa shape index (κ2) is 15.5. The summed E-state index contributed by atoms with van der Waals surface area (Å²) in [6.07, 6.45) is 1.17. The SMILES string of the molecule is COc1cc(OC2C(C)(C)C(NC(=O)c3ccc(N4CCO[C@@H]([C@H](NC5CC(Oc6ccc(C(=O)O)c(F)c6)C5)C(C)C)C4)cc3)C2(C)C)ccc1C#N. The van der Waals surface area contributed by atoms with Gasteiger partial charge in [-0.15, -0.1) is 0 Å². The summed E-state index contributed by atoms with van der Waals surface area (Å²) in [5, 5.41) is 25.5. The number of carbonyl (C=O) groups excluding carboxylic acids is 1. The van der Waals surface area contributed by atoms with Crippen molar-refractivity contribution in [3.8, 4) is 23.3 Å². The maximum Gasteiger partial charge on any atom is 0.338 e. The van der Waals surface area contributed by atoms with Crippen LogP contribution in [0.4, 0.5) is 10.1 Å². The number of ether oxygens (including phenoxy) is 4. The van der Waals surface area contributed by atoms with Crippen molar-refractivity contribution < 1.29 is 38.0 Å². The number of benzene rings is 3. The highest BCUT2D eigenvalue weighted by molar-refractivity contribution is 5.95. The van der Waals surface area contributed by atoms with Crippen LogP contribution in [0.2, 0.25) is 0 Å². The lowest BCUT2D eigenvalue weighted by Crippen LogP contribution is -2.74. The van der Waals surface area contributed by atoms with E-state index in [1.807, 2.05) is 24.3 Å². The lowest BCUT2D eigenvalue weighted by atomic mass is 9.49. The average Bonchev–Trinajstić information content (AvgIpc) is 3.13. The molecule has 0 spiro atoms. The Labute approximate surface area is 316 Å². The number of anilines is 1. The van der Waals surface area contributed by atoms with Gasteiger partial charge in [-0.1, -0.05) is 41.5 Å². The molecule has 3 aromatic rings. The predicted octanol–water partition coefficient (Wildman–Crippen LogP) is 6.45. The largest absolute Gasteiger partial charge is 0.495 e. The molecule has 1 aliphatic heterocycles. The number of nitrogens with one attached hydrogen (secondary N) is 2. The van der Waals surface area contributed by atoms with Gasteiger partial charge < -0.3 is 39.6 Å². The maximum absolute atomic E-state index is 14.1. The van der Waals surface area contributed by atoms with E-state index in [1.165, 1.54) is 19.2 Å². The molecule has 1 heterocycles. The monoisotopic (exact) mass is 742 g/mol. The Balaban J connectivity index is 1.02. The van der Waals surface area contributed by atoms with Gasteiger partial charge in [-0.3, -0.25) is 4.79 Å². The lowest BCUT2D eigenvalue weighted by Gasteiger charge is -2.63. The Kier molecular flexibility index (Phi) is 11.1. The highest BCUT2D eigenvalue weighted by atomic mass is 19.1. The Morgan fingerprint density at radius 2 is 1.67 bits per heavy atom. The molecule has 0 unspecified atom stereocenters. The molecule has 12 heteroatoms. The minimum atomic E-state index is -1.31. The molecular formula is C42H51FN4O7. The number of rotatable bonds is 13. The van der Waals surface area contributed by atoms with E-state index < -0.39 is 11.8 Å². The van der Waals surface area contributed by atoms with Gasteiger partial charge in [0, 0.05) is 65.4 Å². The number of carboxylic acids is 1. The molecule has 2 saturated carbocycles. The van der Waals surface area contributed by atoms with Crippen molar-refractivity contribution in [1.82, 2.24) is 10.6 Å². The van der Waals surface area contributed by atoms with Crippen LogP contribution in [0.5, 0.6) is 17.2 Å². The van der Waals surface area contributed by atoms with Gasteiger partial charge in [0.1, 0.15) is 41.3 Å². The second-order valence-electron chi connectivity index (χ2n) is 16.2. The number of aromatic carboxylic acids is 1. The van der Waals surface area contributed by atoms with Gasteiger partial charge in [0.05, 0.1) is 30.9 Å². The molecule has 1 amide bonds. The van der Waals surface area contributed by atoms with Crippen molar-refractivity contribution in [2.24, 2.45) is 16.7 Å². The minimum absolute atomic E-state index is 0.0528. The number of morpholine rings is 1. The third kappa shape index (κ3) is 7.84. The van der Waals surface area contributed by atoms with Crippen molar-refractivity contribution in [1.29, 1.82) is 5.26 Å². The molecule has 2 atom stereocenters. The van der Waals surface area contributed by atoms with Gasteiger partial charge in [-0.05, 0) is 67.3 Å².